The molecule has 0 aliphatic carbocycles. The molecule has 8 nitrogen and oxygen atoms in total. The standard InChI is InChI=1S/C23H20N6O2S/c1-14-21(17-9-11-18(31-3)12-10-17)27-29-22(24-25-23(29)32-14)19-13-20(28(26-19)15(2)30)16-7-5-4-6-8-16/h4-14H,1-3H3. The van der Waals surface area contributed by atoms with E-state index in [1.54, 1.807) is 23.5 Å². The second-order valence-electron chi connectivity index (χ2n) is 7.30. The zero-order valence-electron chi connectivity index (χ0n) is 17.8. The minimum absolute atomic E-state index is 0.0996. The molecule has 3 heterocycles. The molecule has 160 valence electrons. The molecule has 0 saturated carbocycles. The number of fused-ring (bicyclic) bond motifs is 1. The van der Waals surface area contributed by atoms with Crippen LogP contribution in [0.15, 0.2) is 70.9 Å². The van der Waals surface area contributed by atoms with Gasteiger partial charge in [0.1, 0.15) is 11.4 Å². The van der Waals surface area contributed by atoms with Gasteiger partial charge in [0.2, 0.25) is 16.9 Å². The van der Waals surface area contributed by atoms with Crippen LogP contribution in [0.1, 0.15) is 24.2 Å². The maximum Gasteiger partial charge on any atom is 0.244 e. The Morgan fingerprint density at radius 3 is 2.47 bits per heavy atom. The van der Waals surface area contributed by atoms with E-state index in [9.17, 15) is 4.79 Å². The van der Waals surface area contributed by atoms with Crippen LogP contribution in [0.2, 0.25) is 0 Å². The minimum Gasteiger partial charge on any atom is -0.497 e. The van der Waals surface area contributed by atoms with Crippen molar-refractivity contribution in [2.24, 2.45) is 5.10 Å². The van der Waals surface area contributed by atoms with Gasteiger partial charge in [0, 0.05) is 12.5 Å². The summed E-state index contributed by atoms with van der Waals surface area (Å²) in [6, 6.07) is 19.3. The monoisotopic (exact) mass is 444 g/mol. The smallest absolute Gasteiger partial charge is 0.244 e. The van der Waals surface area contributed by atoms with Crippen LogP contribution in [0.4, 0.5) is 0 Å². The molecule has 0 bridgehead atoms. The molecule has 0 amide bonds. The predicted octanol–water partition coefficient (Wildman–Crippen LogP) is 4.22. The largest absolute Gasteiger partial charge is 0.497 e. The molecule has 0 N–H and O–H groups in total. The normalized spacial score (nSPS) is 15.2. The van der Waals surface area contributed by atoms with E-state index in [-0.39, 0.29) is 11.2 Å². The maximum absolute atomic E-state index is 12.3. The van der Waals surface area contributed by atoms with E-state index in [0.717, 1.165) is 22.6 Å². The van der Waals surface area contributed by atoms with Crippen LogP contribution in [0.25, 0.3) is 22.8 Å². The summed E-state index contributed by atoms with van der Waals surface area (Å²) >= 11 is 1.58. The van der Waals surface area contributed by atoms with Gasteiger partial charge in [-0.15, -0.1) is 10.2 Å². The molecule has 1 aliphatic heterocycles. The summed E-state index contributed by atoms with van der Waals surface area (Å²) in [4.78, 5) is 12.3. The zero-order valence-corrected chi connectivity index (χ0v) is 18.6. The number of ether oxygens (including phenoxy) is 1. The molecule has 5 rings (SSSR count). The predicted molar refractivity (Wildman–Crippen MR) is 123 cm³/mol. The van der Waals surface area contributed by atoms with E-state index >= 15 is 0 Å². The fraction of sp³-hybridized carbons (Fsp3) is 0.174. The average molecular weight is 445 g/mol. The molecule has 4 aromatic rings. The van der Waals surface area contributed by atoms with Crippen LogP contribution in [0.5, 0.6) is 5.75 Å². The molecule has 1 aliphatic rings. The number of carbonyl (C=O) groups is 1. The van der Waals surface area contributed by atoms with Crippen LogP contribution >= 0.6 is 11.8 Å². The van der Waals surface area contributed by atoms with Crippen molar-refractivity contribution in [2.45, 2.75) is 24.3 Å². The Hall–Kier alpha value is -3.72. The first-order valence-electron chi connectivity index (χ1n) is 10.1. The van der Waals surface area contributed by atoms with Gasteiger partial charge in [0.15, 0.2) is 0 Å². The van der Waals surface area contributed by atoms with Crippen LogP contribution in [-0.4, -0.2) is 48.6 Å². The summed E-state index contributed by atoms with van der Waals surface area (Å²) in [5.41, 5.74) is 4.02. The first kappa shape index (κ1) is 20.2. The van der Waals surface area contributed by atoms with Gasteiger partial charge < -0.3 is 4.74 Å². The Labute approximate surface area is 188 Å². The van der Waals surface area contributed by atoms with E-state index in [0.29, 0.717) is 22.4 Å². The third-order valence-electron chi connectivity index (χ3n) is 5.18. The molecule has 2 aromatic carbocycles. The Balaban J connectivity index is 1.60. The van der Waals surface area contributed by atoms with E-state index in [4.69, 9.17) is 9.84 Å². The number of rotatable bonds is 4. The second kappa shape index (κ2) is 8.08. The van der Waals surface area contributed by atoms with Gasteiger partial charge in [-0.1, -0.05) is 42.1 Å². The van der Waals surface area contributed by atoms with Crippen molar-refractivity contribution < 1.29 is 9.53 Å². The van der Waals surface area contributed by atoms with Crippen molar-refractivity contribution in [2.75, 3.05) is 7.11 Å². The molecule has 32 heavy (non-hydrogen) atoms. The van der Waals surface area contributed by atoms with Crippen LogP contribution in [0, 0.1) is 0 Å². The fourth-order valence-electron chi connectivity index (χ4n) is 3.59. The molecule has 1 atom stereocenters. The number of nitrogens with zero attached hydrogens (tertiary/aromatic N) is 6. The lowest BCUT2D eigenvalue weighted by Crippen LogP contribution is -2.21. The van der Waals surface area contributed by atoms with Gasteiger partial charge in [-0.3, -0.25) is 4.79 Å². The number of thioether (sulfide) groups is 1. The molecule has 0 fully saturated rings. The van der Waals surface area contributed by atoms with Crippen molar-refractivity contribution in [3.63, 3.8) is 0 Å². The SMILES string of the molecule is COc1ccc(C2=Nn3c(nnc3-c3cc(-c4ccccc4)n(C(C)=O)n3)SC2C)cc1. The van der Waals surface area contributed by atoms with Crippen LogP contribution in [-0.2, 0) is 0 Å². The minimum atomic E-state index is -0.182. The quantitative estimate of drug-likeness (QED) is 0.468. The fourth-order valence-corrected chi connectivity index (χ4v) is 4.52. The molecule has 0 saturated heterocycles. The van der Waals surface area contributed by atoms with E-state index in [2.05, 4.69) is 22.2 Å². The third kappa shape index (κ3) is 3.50. The number of aromatic nitrogens is 5. The number of benzene rings is 2. The topological polar surface area (TPSA) is 87.2 Å². The summed E-state index contributed by atoms with van der Waals surface area (Å²) in [5.74, 6) is 1.10. The highest BCUT2D eigenvalue weighted by Crippen LogP contribution is 2.34. The summed E-state index contributed by atoms with van der Waals surface area (Å²) in [7, 11) is 1.64. The first-order chi connectivity index (χ1) is 15.5. The summed E-state index contributed by atoms with van der Waals surface area (Å²) in [6.07, 6.45) is 0. The Morgan fingerprint density at radius 1 is 1.03 bits per heavy atom. The van der Waals surface area contributed by atoms with Gasteiger partial charge in [0.25, 0.3) is 0 Å². The van der Waals surface area contributed by atoms with Crippen molar-refractivity contribution in [3.05, 3.63) is 66.2 Å². The van der Waals surface area contributed by atoms with Gasteiger partial charge in [-0.25, -0.2) is 0 Å². The Morgan fingerprint density at radius 2 is 1.78 bits per heavy atom. The summed E-state index contributed by atoms with van der Waals surface area (Å²) in [6.45, 7) is 3.57. The van der Waals surface area contributed by atoms with Crippen LogP contribution < -0.4 is 4.74 Å². The third-order valence-corrected chi connectivity index (χ3v) is 6.22. The van der Waals surface area contributed by atoms with Crippen LogP contribution in [0.3, 0.4) is 0 Å². The number of methoxy groups -OCH3 is 1. The molecular formula is C23H20N6O2S. The lowest BCUT2D eigenvalue weighted by atomic mass is 10.1. The molecular weight excluding hydrogens is 424 g/mol. The zero-order chi connectivity index (χ0) is 22.2. The first-order valence-corrected chi connectivity index (χ1v) is 11.0. The second-order valence-corrected chi connectivity index (χ2v) is 8.61. The number of hydrogen-bond acceptors (Lipinski definition) is 7. The summed E-state index contributed by atoms with van der Waals surface area (Å²) in [5, 5.41) is 18.8. The van der Waals surface area contributed by atoms with Crippen molar-refractivity contribution in [1.82, 2.24) is 24.7 Å². The van der Waals surface area contributed by atoms with Gasteiger partial charge in [-0.2, -0.15) is 19.6 Å². The molecule has 9 heteroatoms. The lowest BCUT2D eigenvalue weighted by Gasteiger charge is -2.19. The van der Waals surface area contributed by atoms with Gasteiger partial charge >= 0.3 is 0 Å². The Bertz CT molecular complexity index is 1320. The molecule has 0 spiro atoms. The highest BCUT2D eigenvalue weighted by atomic mass is 32.2. The summed E-state index contributed by atoms with van der Waals surface area (Å²) < 4.78 is 8.35. The lowest BCUT2D eigenvalue weighted by molar-refractivity contribution is 0.0923. The highest BCUT2D eigenvalue weighted by Gasteiger charge is 2.28. The molecule has 2 aromatic heterocycles. The van der Waals surface area contributed by atoms with Gasteiger partial charge in [0.05, 0.1) is 23.8 Å². The number of carbonyl (C=O) groups excluding carboxylic acids is 1. The van der Waals surface area contributed by atoms with Crippen molar-refractivity contribution in [3.8, 4) is 28.5 Å². The average Bonchev–Trinajstić information content (AvgIpc) is 3.43. The molecule has 0 radical (unpaired) electrons. The van der Waals surface area contributed by atoms with Crippen molar-refractivity contribution in [1.29, 1.82) is 0 Å². The number of hydrogen-bond donors (Lipinski definition) is 0. The Kier molecular flexibility index (Phi) is 5.10. The van der Waals surface area contributed by atoms with Crippen molar-refractivity contribution >= 4 is 23.4 Å². The van der Waals surface area contributed by atoms with E-state index < -0.39 is 0 Å². The van der Waals surface area contributed by atoms with E-state index in [1.807, 2.05) is 60.7 Å². The molecule has 1 unspecified atom stereocenters. The maximum atomic E-state index is 12.3. The van der Waals surface area contributed by atoms with E-state index in [1.165, 1.54) is 11.6 Å². The van der Waals surface area contributed by atoms with Gasteiger partial charge in [-0.05, 0) is 42.8 Å². The highest BCUT2D eigenvalue weighted by molar-refractivity contribution is 8.00.